The van der Waals surface area contributed by atoms with Crippen LogP contribution in [0.4, 0.5) is 0 Å². The molecule has 0 saturated heterocycles. The largest absolute Gasteiger partial charge is 0.479 e. The Bertz CT molecular complexity index is 1110. The second-order valence-electron chi connectivity index (χ2n) is 8.39. The van der Waals surface area contributed by atoms with Crippen molar-refractivity contribution >= 4 is 16.9 Å². The summed E-state index contributed by atoms with van der Waals surface area (Å²) in [5, 5.41) is 0.359. The molecule has 1 atom stereocenters. The predicted octanol–water partition coefficient (Wildman–Crippen LogP) is 5.60. The molecule has 6 heteroatoms. The first-order chi connectivity index (χ1) is 14.7. The van der Waals surface area contributed by atoms with Gasteiger partial charge in [0.15, 0.2) is 6.10 Å². The molecule has 3 rings (SSSR count). The van der Waals surface area contributed by atoms with Crippen molar-refractivity contribution in [2.45, 2.75) is 52.6 Å². The number of esters is 1. The standard InChI is InChI=1S/C25H28O6/c1-6-13-28-24(27)16(2)30-19-11-12-20-21(14-19)29-15-22(23(20)26)31-18-9-7-17(8-10-18)25(3,4)5/h7-12,14-16H,6,13H2,1-5H3. The SMILES string of the molecule is CCCOC(=O)C(C)Oc1ccc2c(=O)c(Oc3ccc(C(C)(C)C)cc3)coc2c1. The molecule has 0 N–H and O–H groups in total. The molecule has 31 heavy (non-hydrogen) atoms. The molecule has 1 aromatic heterocycles. The summed E-state index contributed by atoms with van der Waals surface area (Å²) >= 11 is 0. The fourth-order valence-electron chi connectivity index (χ4n) is 2.96. The Morgan fingerprint density at radius 2 is 1.74 bits per heavy atom. The van der Waals surface area contributed by atoms with Gasteiger partial charge in [0.1, 0.15) is 23.3 Å². The van der Waals surface area contributed by atoms with Crippen LogP contribution in [0.3, 0.4) is 0 Å². The van der Waals surface area contributed by atoms with Crippen LogP contribution in [0.25, 0.3) is 11.0 Å². The Morgan fingerprint density at radius 3 is 2.39 bits per heavy atom. The summed E-state index contributed by atoms with van der Waals surface area (Å²) < 4.78 is 22.0. The molecule has 2 aromatic carbocycles. The molecule has 1 unspecified atom stereocenters. The highest BCUT2D eigenvalue weighted by Crippen LogP contribution is 2.27. The summed E-state index contributed by atoms with van der Waals surface area (Å²) in [5.74, 6) is 0.618. The molecule has 0 saturated carbocycles. The van der Waals surface area contributed by atoms with Gasteiger partial charge < -0.3 is 18.6 Å². The van der Waals surface area contributed by atoms with Crippen molar-refractivity contribution in [1.82, 2.24) is 0 Å². The van der Waals surface area contributed by atoms with Gasteiger partial charge in [0.05, 0.1) is 12.0 Å². The van der Waals surface area contributed by atoms with Crippen LogP contribution in [-0.2, 0) is 14.9 Å². The lowest BCUT2D eigenvalue weighted by molar-refractivity contribution is -0.151. The third-order valence-electron chi connectivity index (χ3n) is 4.76. The van der Waals surface area contributed by atoms with E-state index >= 15 is 0 Å². The fourth-order valence-corrected chi connectivity index (χ4v) is 2.96. The lowest BCUT2D eigenvalue weighted by Crippen LogP contribution is -2.26. The van der Waals surface area contributed by atoms with Crippen molar-refractivity contribution in [2.75, 3.05) is 6.61 Å². The minimum absolute atomic E-state index is 0.0323. The number of benzene rings is 2. The first-order valence-electron chi connectivity index (χ1n) is 10.4. The third kappa shape index (κ3) is 5.45. The summed E-state index contributed by atoms with van der Waals surface area (Å²) in [4.78, 5) is 24.7. The van der Waals surface area contributed by atoms with E-state index in [4.69, 9.17) is 18.6 Å². The first-order valence-corrected chi connectivity index (χ1v) is 10.4. The zero-order valence-electron chi connectivity index (χ0n) is 18.6. The lowest BCUT2D eigenvalue weighted by atomic mass is 9.87. The van der Waals surface area contributed by atoms with E-state index in [1.165, 1.54) is 11.8 Å². The highest BCUT2D eigenvalue weighted by atomic mass is 16.6. The van der Waals surface area contributed by atoms with Gasteiger partial charge in [0, 0.05) is 6.07 Å². The van der Waals surface area contributed by atoms with E-state index in [0.29, 0.717) is 29.1 Å². The Hall–Kier alpha value is -3.28. The number of hydrogen-bond acceptors (Lipinski definition) is 6. The highest BCUT2D eigenvalue weighted by Gasteiger charge is 2.18. The summed E-state index contributed by atoms with van der Waals surface area (Å²) in [5.41, 5.74) is 1.26. The van der Waals surface area contributed by atoms with Crippen molar-refractivity contribution in [1.29, 1.82) is 0 Å². The molecular formula is C25H28O6. The summed E-state index contributed by atoms with van der Waals surface area (Å²) in [6.07, 6.45) is 1.25. The summed E-state index contributed by atoms with van der Waals surface area (Å²) in [7, 11) is 0. The van der Waals surface area contributed by atoms with Crippen molar-refractivity contribution < 1.29 is 23.4 Å². The van der Waals surface area contributed by atoms with Crippen LogP contribution >= 0.6 is 0 Å². The van der Waals surface area contributed by atoms with E-state index in [1.807, 2.05) is 31.2 Å². The summed E-state index contributed by atoms with van der Waals surface area (Å²) in [6, 6.07) is 12.4. The number of ether oxygens (including phenoxy) is 3. The van der Waals surface area contributed by atoms with E-state index < -0.39 is 12.1 Å². The number of fused-ring (bicyclic) bond motifs is 1. The maximum absolute atomic E-state index is 12.8. The normalized spacial score (nSPS) is 12.4. The number of carbonyl (C=O) groups excluding carboxylic acids is 1. The van der Waals surface area contributed by atoms with E-state index in [-0.39, 0.29) is 16.6 Å². The number of carbonyl (C=O) groups is 1. The second kappa shape index (κ2) is 9.25. The van der Waals surface area contributed by atoms with Gasteiger partial charge in [0.25, 0.3) is 0 Å². The topological polar surface area (TPSA) is 75.0 Å². The first kappa shape index (κ1) is 22.4. The maximum Gasteiger partial charge on any atom is 0.347 e. The molecule has 0 fully saturated rings. The van der Waals surface area contributed by atoms with E-state index in [0.717, 1.165) is 6.42 Å². The highest BCUT2D eigenvalue weighted by molar-refractivity contribution is 5.79. The molecule has 6 nitrogen and oxygen atoms in total. The van der Waals surface area contributed by atoms with Gasteiger partial charge in [-0.05, 0) is 48.6 Å². The third-order valence-corrected chi connectivity index (χ3v) is 4.76. The van der Waals surface area contributed by atoms with Crippen LogP contribution in [0.5, 0.6) is 17.2 Å². The van der Waals surface area contributed by atoms with Gasteiger partial charge in [-0.2, -0.15) is 0 Å². The number of rotatable bonds is 7. The predicted molar refractivity (Wildman–Crippen MR) is 119 cm³/mol. The van der Waals surface area contributed by atoms with Gasteiger partial charge in [-0.1, -0.05) is 39.8 Å². The molecule has 0 amide bonds. The summed E-state index contributed by atoms with van der Waals surface area (Å²) in [6.45, 7) is 10.3. The van der Waals surface area contributed by atoms with Gasteiger partial charge >= 0.3 is 5.97 Å². The average Bonchev–Trinajstić information content (AvgIpc) is 2.73. The molecule has 0 radical (unpaired) electrons. The van der Waals surface area contributed by atoms with Crippen molar-refractivity contribution in [3.8, 4) is 17.2 Å². The van der Waals surface area contributed by atoms with Crippen LogP contribution in [0, 0.1) is 0 Å². The van der Waals surface area contributed by atoms with Gasteiger partial charge in [0.2, 0.25) is 11.2 Å². The number of hydrogen-bond donors (Lipinski definition) is 0. The van der Waals surface area contributed by atoms with Crippen molar-refractivity contribution in [3.63, 3.8) is 0 Å². The molecule has 0 bridgehead atoms. The quantitative estimate of drug-likeness (QED) is 0.459. The van der Waals surface area contributed by atoms with Gasteiger partial charge in [-0.3, -0.25) is 4.79 Å². The molecular weight excluding hydrogens is 396 g/mol. The molecule has 1 heterocycles. The lowest BCUT2D eigenvalue weighted by Gasteiger charge is -2.19. The Labute approximate surface area is 181 Å². The molecule has 0 spiro atoms. The zero-order valence-corrected chi connectivity index (χ0v) is 18.6. The van der Waals surface area contributed by atoms with E-state index in [2.05, 4.69) is 20.8 Å². The average molecular weight is 424 g/mol. The van der Waals surface area contributed by atoms with E-state index in [9.17, 15) is 9.59 Å². The van der Waals surface area contributed by atoms with Crippen LogP contribution in [-0.4, -0.2) is 18.7 Å². The molecule has 0 aliphatic heterocycles. The van der Waals surface area contributed by atoms with Gasteiger partial charge in [-0.15, -0.1) is 0 Å². The zero-order chi connectivity index (χ0) is 22.6. The minimum Gasteiger partial charge on any atom is -0.479 e. The Balaban J connectivity index is 1.77. The van der Waals surface area contributed by atoms with E-state index in [1.54, 1.807) is 25.1 Å². The molecule has 164 valence electrons. The Morgan fingerprint density at radius 1 is 1.06 bits per heavy atom. The molecule has 3 aromatic rings. The van der Waals surface area contributed by atoms with Crippen LogP contribution in [0.1, 0.15) is 46.6 Å². The Kier molecular flexibility index (Phi) is 6.68. The molecule has 0 aliphatic carbocycles. The van der Waals surface area contributed by atoms with Crippen LogP contribution in [0.2, 0.25) is 0 Å². The fraction of sp³-hybridized carbons (Fsp3) is 0.360. The molecule has 0 aliphatic rings. The van der Waals surface area contributed by atoms with Crippen molar-refractivity contribution in [2.24, 2.45) is 0 Å². The smallest absolute Gasteiger partial charge is 0.347 e. The second-order valence-corrected chi connectivity index (χ2v) is 8.39. The van der Waals surface area contributed by atoms with Crippen molar-refractivity contribution in [3.05, 3.63) is 64.5 Å². The van der Waals surface area contributed by atoms with Crippen LogP contribution < -0.4 is 14.9 Å². The monoisotopic (exact) mass is 424 g/mol. The van der Waals surface area contributed by atoms with Crippen LogP contribution in [0.15, 0.2) is 57.9 Å². The minimum atomic E-state index is -0.769. The maximum atomic E-state index is 12.8. The van der Waals surface area contributed by atoms with Gasteiger partial charge in [-0.25, -0.2) is 4.79 Å².